The molecule has 1 atom stereocenters. The molecule has 1 fully saturated rings. The van der Waals surface area contributed by atoms with Crippen molar-refractivity contribution in [2.24, 2.45) is 5.92 Å². The van der Waals surface area contributed by atoms with Gasteiger partial charge >= 0.3 is 12.0 Å². The summed E-state index contributed by atoms with van der Waals surface area (Å²) in [5.74, 6) is -0.949. The predicted octanol–water partition coefficient (Wildman–Crippen LogP) is 2.55. The average molecular weight is 288 g/mol. The van der Waals surface area contributed by atoms with Crippen molar-refractivity contribution in [3.05, 3.63) is 29.3 Å². The topological polar surface area (TPSA) is 78.4 Å². The molecule has 2 aliphatic rings. The van der Waals surface area contributed by atoms with E-state index in [4.69, 9.17) is 0 Å². The van der Waals surface area contributed by atoms with Gasteiger partial charge in [0.2, 0.25) is 0 Å². The lowest BCUT2D eigenvalue weighted by Gasteiger charge is -2.26. The van der Waals surface area contributed by atoms with Crippen molar-refractivity contribution in [2.45, 2.75) is 44.6 Å². The van der Waals surface area contributed by atoms with E-state index in [2.05, 4.69) is 10.6 Å². The number of nitrogens with one attached hydrogen (secondary N) is 2. The zero-order valence-corrected chi connectivity index (χ0v) is 12.1. The summed E-state index contributed by atoms with van der Waals surface area (Å²) >= 11 is 0. The molecule has 0 aliphatic heterocycles. The molecule has 21 heavy (non-hydrogen) atoms. The van der Waals surface area contributed by atoms with E-state index in [1.54, 1.807) is 6.92 Å². The van der Waals surface area contributed by atoms with Crippen molar-refractivity contribution in [1.29, 1.82) is 0 Å². The van der Waals surface area contributed by atoms with Gasteiger partial charge in [0.1, 0.15) is 5.54 Å². The van der Waals surface area contributed by atoms with E-state index >= 15 is 0 Å². The van der Waals surface area contributed by atoms with E-state index in [-0.39, 0.29) is 5.92 Å². The normalized spacial score (nSPS) is 19.5. The average Bonchev–Trinajstić information content (AvgIpc) is 3.18. The summed E-state index contributed by atoms with van der Waals surface area (Å²) in [7, 11) is 0. The van der Waals surface area contributed by atoms with Crippen molar-refractivity contribution in [3.63, 3.8) is 0 Å². The van der Waals surface area contributed by atoms with Crippen molar-refractivity contribution in [2.75, 3.05) is 5.32 Å². The first-order valence-electron chi connectivity index (χ1n) is 7.43. The second-order valence-electron chi connectivity index (χ2n) is 6.20. The summed E-state index contributed by atoms with van der Waals surface area (Å²) in [6.07, 6.45) is 5.00. The quantitative estimate of drug-likeness (QED) is 0.796. The number of fused-ring (bicyclic) bond motifs is 1. The molecule has 1 aromatic carbocycles. The number of benzene rings is 1. The van der Waals surface area contributed by atoms with Gasteiger partial charge in [-0.1, -0.05) is 6.07 Å². The summed E-state index contributed by atoms with van der Waals surface area (Å²) in [4.78, 5) is 23.5. The number of carboxylic acids is 1. The minimum atomic E-state index is -1.18. The van der Waals surface area contributed by atoms with Crippen LogP contribution >= 0.6 is 0 Å². The molecule has 0 spiro atoms. The summed E-state index contributed by atoms with van der Waals surface area (Å²) in [6, 6.07) is 5.44. The van der Waals surface area contributed by atoms with Gasteiger partial charge in [-0.2, -0.15) is 0 Å². The first-order valence-corrected chi connectivity index (χ1v) is 7.43. The molecule has 2 amide bonds. The number of hydrogen-bond donors (Lipinski definition) is 3. The Bertz CT molecular complexity index is 595. The lowest BCUT2D eigenvalue weighted by atomic mass is 9.96. The van der Waals surface area contributed by atoms with Crippen LogP contribution in [0.1, 0.15) is 37.3 Å². The number of aryl methyl sites for hydroxylation is 2. The number of carboxylic acid groups (broad SMARTS) is 1. The van der Waals surface area contributed by atoms with Crippen LogP contribution in [-0.4, -0.2) is 22.6 Å². The van der Waals surface area contributed by atoms with Gasteiger partial charge in [-0.25, -0.2) is 9.59 Å². The van der Waals surface area contributed by atoms with Gasteiger partial charge in [0.15, 0.2) is 0 Å². The monoisotopic (exact) mass is 288 g/mol. The molecule has 0 aromatic heterocycles. The van der Waals surface area contributed by atoms with Gasteiger partial charge in [0.25, 0.3) is 0 Å². The Morgan fingerprint density at radius 1 is 1.24 bits per heavy atom. The number of anilines is 1. The Kier molecular flexibility index (Phi) is 3.35. The smallest absolute Gasteiger partial charge is 0.329 e. The number of hydrogen-bond acceptors (Lipinski definition) is 2. The maximum atomic E-state index is 12.1. The zero-order chi connectivity index (χ0) is 15.0. The molecular formula is C16H20N2O3. The minimum Gasteiger partial charge on any atom is -0.480 e. The van der Waals surface area contributed by atoms with Crippen LogP contribution in [0.5, 0.6) is 0 Å². The lowest BCUT2D eigenvalue weighted by Crippen LogP contribution is -2.55. The first-order chi connectivity index (χ1) is 9.99. The maximum absolute atomic E-state index is 12.1. The second-order valence-corrected chi connectivity index (χ2v) is 6.20. The van der Waals surface area contributed by atoms with Crippen LogP contribution in [0.25, 0.3) is 0 Å². The maximum Gasteiger partial charge on any atom is 0.329 e. The number of amides is 2. The van der Waals surface area contributed by atoms with Gasteiger partial charge in [0, 0.05) is 5.69 Å². The van der Waals surface area contributed by atoms with Gasteiger partial charge in [-0.15, -0.1) is 0 Å². The minimum absolute atomic E-state index is 0.0285. The second kappa shape index (κ2) is 5.06. The highest BCUT2D eigenvalue weighted by molar-refractivity contribution is 5.94. The van der Waals surface area contributed by atoms with Gasteiger partial charge in [-0.05, 0) is 68.2 Å². The third kappa shape index (κ3) is 2.73. The van der Waals surface area contributed by atoms with Gasteiger partial charge in [0.05, 0.1) is 0 Å². The molecule has 5 heteroatoms. The molecular weight excluding hydrogens is 268 g/mol. The Morgan fingerprint density at radius 3 is 2.62 bits per heavy atom. The molecule has 3 N–H and O–H groups in total. The number of carbonyl (C=O) groups excluding carboxylic acids is 1. The van der Waals surface area contributed by atoms with E-state index in [0.29, 0.717) is 0 Å². The lowest BCUT2D eigenvalue weighted by molar-refractivity contribution is -0.144. The molecule has 2 aliphatic carbocycles. The molecule has 112 valence electrons. The van der Waals surface area contributed by atoms with E-state index < -0.39 is 17.5 Å². The number of aliphatic carboxylic acids is 1. The molecule has 0 bridgehead atoms. The Balaban J connectivity index is 1.67. The summed E-state index contributed by atoms with van der Waals surface area (Å²) in [6.45, 7) is 1.58. The van der Waals surface area contributed by atoms with Crippen LogP contribution in [0.2, 0.25) is 0 Å². The van der Waals surface area contributed by atoms with E-state index in [1.807, 2.05) is 18.2 Å². The molecule has 1 unspecified atom stereocenters. The summed E-state index contributed by atoms with van der Waals surface area (Å²) in [5, 5.41) is 14.7. The Labute approximate surface area is 123 Å². The fraction of sp³-hybridized carbons (Fsp3) is 0.500. The molecule has 3 rings (SSSR count). The van der Waals surface area contributed by atoms with E-state index in [1.165, 1.54) is 11.1 Å². The SMILES string of the molecule is CC(NC(=O)Nc1ccc2c(c1)CCC2)(C(=O)O)C1CC1. The van der Waals surface area contributed by atoms with Crippen molar-refractivity contribution in [1.82, 2.24) is 5.32 Å². The molecule has 0 saturated heterocycles. The van der Waals surface area contributed by atoms with Crippen LogP contribution in [0.15, 0.2) is 18.2 Å². The third-order valence-corrected chi connectivity index (χ3v) is 4.57. The first kappa shape index (κ1) is 13.9. The highest BCUT2D eigenvalue weighted by Crippen LogP contribution is 2.39. The predicted molar refractivity (Wildman–Crippen MR) is 79.4 cm³/mol. The number of carbonyl (C=O) groups is 2. The van der Waals surface area contributed by atoms with Gasteiger partial charge < -0.3 is 15.7 Å². The standard InChI is InChI=1S/C16H20N2O3/c1-16(14(19)20,12-6-7-12)18-15(21)17-13-8-5-10-3-2-4-11(10)9-13/h5,8-9,12H,2-4,6-7H2,1H3,(H,19,20)(H2,17,18,21). The van der Waals surface area contributed by atoms with Crippen molar-refractivity contribution >= 4 is 17.7 Å². The van der Waals surface area contributed by atoms with Crippen LogP contribution in [0.4, 0.5) is 10.5 Å². The zero-order valence-electron chi connectivity index (χ0n) is 12.1. The Morgan fingerprint density at radius 2 is 1.95 bits per heavy atom. The number of rotatable bonds is 4. The van der Waals surface area contributed by atoms with Crippen LogP contribution in [0, 0.1) is 5.92 Å². The van der Waals surface area contributed by atoms with Crippen molar-refractivity contribution < 1.29 is 14.7 Å². The van der Waals surface area contributed by atoms with Crippen LogP contribution in [0.3, 0.4) is 0 Å². The van der Waals surface area contributed by atoms with Gasteiger partial charge in [-0.3, -0.25) is 0 Å². The third-order valence-electron chi connectivity index (χ3n) is 4.57. The highest BCUT2D eigenvalue weighted by Gasteiger charge is 2.48. The van der Waals surface area contributed by atoms with Crippen LogP contribution < -0.4 is 10.6 Å². The fourth-order valence-electron chi connectivity index (χ4n) is 3.04. The molecule has 1 saturated carbocycles. The summed E-state index contributed by atoms with van der Waals surface area (Å²) < 4.78 is 0. The van der Waals surface area contributed by atoms with E-state index in [0.717, 1.165) is 37.8 Å². The Hall–Kier alpha value is -2.04. The van der Waals surface area contributed by atoms with Crippen LogP contribution in [-0.2, 0) is 17.6 Å². The molecule has 1 aromatic rings. The van der Waals surface area contributed by atoms with Crippen molar-refractivity contribution in [3.8, 4) is 0 Å². The molecule has 0 heterocycles. The largest absolute Gasteiger partial charge is 0.480 e. The summed E-state index contributed by atoms with van der Waals surface area (Å²) in [5.41, 5.74) is 2.16. The fourth-order valence-corrected chi connectivity index (χ4v) is 3.04. The van der Waals surface area contributed by atoms with E-state index in [9.17, 15) is 14.7 Å². The molecule has 5 nitrogen and oxygen atoms in total. The number of urea groups is 1. The molecule has 0 radical (unpaired) electrons. The highest BCUT2D eigenvalue weighted by atomic mass is 16.4.